The Labute approximate surface area is 107 Å². The summed E-state index contributed by atoms with van der Waals surface area (Å²) >= 11 is 0. The molecule has 0 fully saturated rings. The predicted octanol–water partition coefficient (Wildman–Crippen LogP) is 3.03. The number of anilines is 3. The molecule has 0 amide bonds. The standard InChI is InChI=1S/C14H17N3O/c1-9-8-11(18-3)4-6-13(9)17-14-7-5-12(15)10(2)16-14/h4-8H,15H2,1-3H3,(H,16,17). The van der Waals surface area contributed by atoms with E-state index in [1.54, 1.807) is 7.11 Å². The SMILES string of the molecule is COc1ccc(Nc2ccc(N)c(C)n2)c(C)c1. The first kappa shape index (κ1) is 12.2. The van der Waals surface area contributed by atoms with Crippen molar-refractivity contribution < 1.29 is 4.74 Å². The van der Waals surface area contributed by atoms with Crippen LogP contribution >= 0.6 is 0 Å². The monoisotopic (exact) mass is 243 g/mol. The van der Waals surface area contributed by atoms with Gasteiger partial charge in [-0.1, -0.05) is 0 Å². The number of benzene rings is 1. The van der Waals surface area contributed by atoms with Gasteiger partial charge in [0.1, 0.15) is 11.6 Å². The van der Waals surface area contributed by atoms with E-state index in [4.69, 9.17) is 10.5 Å². The first-order valence-electron chi connectivity index (χ1n) is 5.75. The Morgan fingerprint density at radius 1 is 1.17 bits per heavy atom. The van der Waals surface area contributed by atoms with Crippen LogP contribution in [-0.2, 0) is 0 Å². The molecule has 4 nitrogen and oxygen atoms in total. The zero-order valence-electron chi connectivity index (χ0n) is 10.8. The average Bonchev–Trinajstić information content (AvgIpc) is 2.36. The van der Waals surface area contributed by atoms with Crippen LogP contribution in [0, 0.1) is 13.8 Å². The van der Waals surface area contributed by atoms with Gasteiger partial charge in [-0.25, -0.2) is 4.98 Å². The third kappa shape index (κ3) is 2.53. The summed E-state index contributed by atoms with van der Waals surface area (Å²) in [7, 11) is 1.66. The Balaban J connectivity index is 2.25. The molecule has 1 aromatic heterocycles. The molecule has 0 unspecified atom stereocenters. The smallest absolute Gasteiger partial charge is 0.130 e. The second-order valence-corrected chi connectivity index (χ2v) is 4.18. The summed E-state index contributed by atoms with van der Waals surface area (Å²) in [6.07, 6.45) is 0. The van der Waals surface area contributed by atoms with E-state index in [0.717, 1.165) is 28.5 Å². The van der Waals surface area contributed by atoms with Gasteiger partial charge in [0.05, 0.1) is 18.5 Å². The number of nitrogens with one attached hydrogen (secondary N) is 1. The second kappa shape index (κ2) is 4.96. The third-order valence-corrected chi connectivity index (χ3v) is 2.82. The van der Waals surface area contributed by atoms with E-state index in [-0.39, 0.29) is 0 Å². The van der Waals surface area contributed by atoms with E-state index in [9.17, 15) is 0 Å². The van der Waals surface area contributed by atoms with Gasteiger partial charge in [0, 0.05) is 5.69 Å². The highest BCUT2D eigenvalue weighted by molar-refractivity contribution is 5.63. The van der Waals surface area contributed by atoms with Crippen molar-refractivity contribution in [1.82, 2.24) is 4.98 Å². The molecule has 0 aliphatic rings. The van der Waals surface area contributed by atoms with Gasteiger partial charge in [-0.15, -0.1) is 0 Å². The molecule has 94 valence electrons. The van der Waals surface area contributed by atoms with E-state index in [1.807, 2.05) is 44.2 Å². The van der Waals surface area contributed by atoms with Crippen LogP contribution < -0.4 is 15.8 Å². The summed E-state index contributed by atoms with van der Waals surface area (Å²) in [5.41, 5.74) is 9.38. The largest absolute Gasteiger partial charge is 0.497 e. The minimum Gasteiger partial charge on any atom is -0.497 e. The van der Waals surface area contributed by atoms with Crippen molar-refractivity contribution in [3.63, 3.8) is 0 Å². The average molecular weight is 243 g/mol. The number of methoxy groups -OCH3 is 1. The maximum Gasteiger partial charge on any atom is 0.130 e. The Morgan fingerprint density at radius 2 is 1.94 bits per heavy atom. The zero-order chi connectivity index (χ0) is 13.1. The maximum atomic E-state index is 5.74. The van der Waals surface area contributed by atoms with Crippen molar-refractivity contribution in [2.24, 2.45) is 0 Å². The van der Waals surface area contributed by atoms with Crippen LogP contribution in [0.3, 0.4) is 0 Å². The molecule has 0 bridgehead atoms. The van der Waals surface area contributed by atoms with Gasteiger partial charge >= 0.3 is 0 Å². The number of nitrogens with zero attached hydrogens (tertiary/aromatic N) is 1. The Kier molecular flexibility index (Phi) is 3.37. The van der Waals surface area contributed by atoms with Crippen LogP contribution in [0.2, 0.25) is 0 Å². The lowest BCUT2D eigenvalue weighted by Crippen LogP contribution is -1.99. The molecule has 0 saturated heterocycles. The highest BCUT2D eigenvalue weighted by Crippen LogP contribution is 2.24. The molecule has 0 atom stereocenters. The molecule has 18 heavy (non-hydrogen) atoms. The minimum atomic E-state index is 0.701. The summed E-state index contributed by atoms with van der Waals surface area (Å²) in [6.45, 7) is 3.91. The van der Waals surface area contributed by atoms with Gasteiger partial charge in [0.15, 0.2) is 0 Å². The van der Waals surface area contributed by atoms with Gasteiger partial charge in [0.25, 0.3) is 0 Å². The molecular weight excluding hydrogens is 226 g/mol. The zero-order valence-corrected chi connectivity index (χ0v) is 10.8. The fourth-order valence-electron chi connectivity index (χ4n) is 1.68. The van der Waals surface area contributed by atoms with E-state index < -0.39 is 0 Å². The molecule has 3 N–H and O–H groups in total. The molecule has 4 heteroatoms. The minimum absolute atomic E-state index is 0.701. The highest BCUT2D eigenvalue weighted by atomic mass is 16.5. The van der Waals surface area contributed by atoms with Crippen molar-refractivity contribution in [2.75, 3.05) is 18.2 Å². The lowest BCUT2D eigenvalue weighted by molar-refractivity contribution is 0.414. The lowest BCUT2D eigenvalue weighted by atomic mass is 10.2. The molecule has 1 aromatic carbocycles. The number of pyridine rings is 1. The number of hydrogen-bond acceptors (Lipinski definition) is 4. The summed E-state index contributed by atoms with van der Waals surface area (Å²) in [5, 5.41) is 3.27. The summed E-state index contributed by atoms with van der Waals surface area (Å²) in [5.74, 6) is 1.63. The van der Waals surface area contributed by atoms with Crippen molar-refractivity contribution in [1.29, 1.82) is 0 Å². The number of hydrogen-bond donors (Lipinski definition) is 2. The van der Waals surface area contributed by atoms with Crippen molar-refractivity contribution in [2.45, 2.75) is 13.8 Å². The van der Waals surface area contributed by atoms with Gasteiger partial charge in [-0.05, 0) is 49.7 Å². The van der Waals surface area contributed by atoms with Crippen LogP contribution in [0.5, 0.6) is 5.75 Å². The third-order valence-electron chi connectivity index (χ3n) is 2.82. The van der Waals surface area contributed by atoms with E-state index in [0.29, 0.717) is 5.69 Å². The van der Waals surface area contributed by atoms with Crippen molar-refractivity contribution in [3.8, 4) is 5.75 Å². The maximum absolute atomic E-state index is 5.74. The number of aromatic nitrogens is 1. The van der Waals surface area contributed by atoms with Gasteiger partial charge < -0.3 is 15.8 Å². The Morgan fingerprint density at radius 3 is 2.56 bits per heavy atom. The van der Waals surface area contributed by atoms with Crippen molar-refractivity contribution >= 4 is 17.2 Å². The molecule has 1 heterocycles. The number of rotatable bonds is 3. The molecule has 0 radical (unpaired) electrons. The molecule has 2 rings (SSSR count). The topological polar surface area (TPSA) is 60.2 Å². The van der Waals surface area contributed by atoms with Crippen LogP contribution in [0.1, 0.15) is 11.3 Å². The Hall–Kier alpha value is -2.23. The molecular formula is C14H17N3O. The lowest BCUT2D eigenvalue weighted by Gasteiger charge is -2.11. The first-order chi connectivity index (χ1) is 8.60. The van der Waals surface area contributed by atoms with Crippen LogP contribution in [-0.4, -0.2) is 12.1 Å². The normalized spacial score (nSPS) is 10.2. The fraction of sp³-hybridized carbons (Fsp3) is 0.214. The van der Waals surface area contributed by atoms with E-state index >= 15 is 0 Å². The second-order valence-electron chi connectivity index (χ2n) is 4.18. The van der Waals surface area contributed by atoms with E-state index in [2.05, 4.69) is 10.3 Å². The molecule has 0 saturated carbocycles. The first-order valence-corrected chi connectivity index (χ1v) is 5.75. The number of ether oxygens (including phenoxy) is 1. The van der Waals surface area contributed by atoms with Gasteiger partial charge in [0.2, 0.25) is 0 Å². The quantitative estimate of drug-likeness (QED) is 0.869. The summed E-state index contributed by atoms with van der Waals surface area (Å²) in [4.78, 5) is 4.38. The Bertz CT molecular complexity index is 567. The molecule has 0 aliphatic carbocycles. The van der Waals surface area contributed by atoms with Gasteiger partial charge in [-0.3, -0.25) is 0 Å². The van der Waals surface area contributed by atoms with E-state index in [1.165, 1.54) is 0 Å². The van der Waals surface area contributed by atoms with Crippen LogP contribution in [0.15, 0.2) is 30.3 Å². The predicted molar refractivity (Wildman–Crippen MR) is 74.4 cm³/mol. The molecule has 2 aromatic rings. The summed E-state index contributed by atoms with van der Waals surface area (Å²) < 4.78 is 5.18. The molecule has 0 spiro atoms. The number of nitrogens with two attached hydrogens (primary N) is 1. The number of nitrogen functional groups attached to an aromatic ring is 1. The summed E-state index contributed by atoms with van der Waals surface area (Å²) in [6, 6.07) is 9.59. The van der Waals surface area contributed by atoms with Crippen LogP contribution in [0.25, 0.3) is 0 Å². The fourth-order valence-corrected chi connectivity index (χ4v) is 1.68. The van der Waals surface area contributed by atoms with Crippen LogP contribution in [0.4, 0.5) is 17.2 Å². The van der Waals surface area contributed by atoms with Crippen molar-refractivity contribution in [3.05, 3.63) is 41.6 Å². The number of aryl methyl sites for hydroxylation is 2. The molecule has 0 aliphatic heterocycles. The highest BCUT2D eigenvalue weighted by Gasteiger charge is 2.03. The van der Waals surface area contributed by atoms with Gasteiger partial charge in [-0.2, -0.15) is 0 Å².